The van der Waals surface area contributed by atoms with Crippen molar-refractivity contribution < 1.29 is 4.74 Å². The van der Waals surface area contributed by atoms with E-state index in [9.17, 15) is 0 Å². The smallest absolute Gasteiger partial charge is 0.0807 e. The highest BCUT2D eigenvalue weighted by atomic mass is 35.5. The SMILES string of the molecule is CCOC(C)(CC)C(Cc1ccncc1Cl)NC. The summed E-state index contributed by atoms with van der Waals surface area (Å²) in [5.41, 5.74) is 0.918. The number of ether oxygens (including phenoxy) is 1. The molecule has 3 nitrogen and oxygen atoms in total. The maximum atomic E-state index is 6.16. The Morgan fingerprint density at radius 1 is 1.50 bits per heavy atom. The van der Waals surface area contributed by atoms with Gasteiger partial charge in [0.05, 0.1) is 10.6 Å². The lowest BCUT2D eigenvalue weighted by molar-refractivity contribution is -0.0534. The van der Waals surface area contributed by atoms with Crippen molar-refractivity contribution in [1.29, 1.82) is 0 Å². The highest BCUT2D eigenvalue weighted by Crippen LogP contribution is 2.25. The molecule has 0 amide bonds. The van der Waals surface area contributed by atoms with Crippen LogP contribution >= 0.6 is 11.6 Å². The third-order valence-corrected chi connectivity index (χ3v) is 3.88. The van der Waals surface area contributed by atoms with Crippen LogP contribution in [-0.4, -0.2) is 30.3 Å². The van der Waals surface area contributed by atoms with Gasteiger partial charge in [-0.05, 0) is 45.4 Å². The molecule has 0 spiro atoms. The quantitative estimate of drug-likeness (QED) is 0.827. The minimum Gasteiger partial charge on any atom is -0.374 e. The number of halogens is 1. The molecule has 0 aliphatic rings. The summed E-state index contributed by atoms with van der Waals surface area (Å²) < 4.78 is 5.92. The van der Waals surface area contributed by atoms with Crippen molar-refractivity contribution in [1.82, 2.24) is 10.3 Å². The Morgan fingerprint density at radius 3 is 2.72 bits per heavy atom. The molecular weight excluding hydrogens is 248 g/mol. The molecule has 1 rings (SSSR count). The van der Waals surface area contributed by atoms with Crippen molar-refractivity contribution >= 4 is 11.6 Å². The van der Waals surface area contributed by atoms with Crippen LogP contribution in [0.25, 0.3) is 0 Å². The van der Waals surface area contributed by atoms with E-state index < -0.39 is 0 Å². The normalized spacial score (nSPS) is 16.3. The predicted molar refractivity (Wildman–Crippen MR) is 76.1 cm³/mol. The Morgan fingerprint density at radius 2 is 2.22 bits per heavy atom. The zero-order chi connectivity index (χ0) is 13.6. The topological polar surface area (TPSA) is 34.1 Å². The number of nitrogens with one attached hydrogen (secondary N) is 1. The first-order valence-electron chi connectivity index (χ1n) is 6.47. The van der Waals surface area contributed by atoms with Gasteiger partial charge in [-0.25, -0.2) is 0 Å². The Hall–Kier alpha value is -0.640. The van der Waals surface area contributed by atoms with Gasteiger partial charge < -0.3 is 10.1 Å². The zero-order valence-electron chi connectivity index (χ0n) is 11.7. The van der Waals surface area contributed by atoms with Crippen molar-refractivity contribution in [3.8, 4) is 0 Å². The average Bonchev–Trinajstić information content (AvgIpc) is 2.38. The molecule has 1 aromatic rings. The first-order chi connectivity index (χ1) is 8.57. The molecule has 18 heavy (non-hydrogen) atoms. The molecule has 0 bridgehead atoms. The van der Waals surface area contributed by atoms with Gasteiger partial charge in [0.1, 0.15) is 0 Å². The summed E-state index contributed by atoms with van der Waals surface area (Å²) in [6.45, 7) is 7.04. The van der Waals surface area contributed by atoms with E-state index in [1.165, 1.54) is 0 Å². The van der Waals surface area contributed by atoms with Crippen LogP contribution in [0.2, 0.25) is 5.02 Å². The van der Waals surface area contributed by atoms with Crippen molar-refractivity contribution in [2.45, 2.75) is 45.3 Å². The highest BCUT2D eigenvalue weighted by Gasteiger charge is 2.32. The summed E-state index contributed by atoms with van der Waals surface area (Å²) in [5.74, 6) is 0. The summed E-state index contributed by atoms with van der Waals surface area (Å²) in [7, 11) is 1.96. The third kappa shape index (κ3) is 3.67. The summed E-state index contributed by atoms with van der Waals surface area (Å²) >= 11 is 6.16. The van der Waals surface area contributed by atoms with Gasteiger partial charge >= 0.3 is 0 Å². The molecule has 0 aliphatic heterocycles. The summed E-state index contributed by atoms with van der Waals surface area (Å²) in [4.78, 5) is 4.01. The van der Waals surface area contributed by atoms with Crippen LogP contribution in [0.4, 0.5) is 0 Å². The van der Waals surface area contributed by atoms with Crippen LogP contribution in [0.15, 0.2) is 18.5 Å². The molecule has 1 N–H and O–H groups in total. The minimum atomic E-state index is -0.184. The molecule has 0 aromatic carbocycles. The van der Waals surface area contributed by atoms with Crippen molar-refractivity contribution in [3.63, 3.8) is 0 Å². The van der Waals surface area contributed by atoms with Gasteiger partial charge in [-0.2, -0.15) is 0 Å². The van der Waals surface area contributed by atoms with Crippen LogP contribution < -0.4 is 5.32 Å². The molecule has 0 saturated carbocycles. The van der Waals surface area contributed by atoms with E-state index in [0.29, 0.717) is 11.6 Å². The van der Waals surface area contributed by atoms with Gasteiger partial charge in [0.25, 0.3) is 0 Å². The molecule has 0 aliphatic carbocycles. The number of hydrogen-bond donors (Lipinski definition) is 1. The number of likely N-dealkylation sites (N-methyl/N-ethyl adjacent to an activating group) is 1. The molecule has 102 valence electrons. The van der Waals surface area contributed by atoms with Gasteiger partial charge in [-0.15, -0.1) is 0 Å². The summed E-state index contributed by atoms with van der Waals surface area (Å²) in [6.07, 6.45) is 5.25. The Bertz CT molecular complexity index is 373. The largest absolute Gasteiger partial charge is 0.374 e. The monoisotopic (exact) mass is 270 g/mol. The minimum absolute atomic E-state index is 0.184. The summed E-state index contributed by atoms with van der Waals surface area (Å²) in [6, 6.07) is 2.19. The maximum absolute atomic E-state index is 6.16. The zero-order valence-corrected chi connectivity index (χ0v) is 12.4. The highest BCUT2D eigenvalue weighted by molar-refractivity contribution is 6.31. The number of rotatable bonds is 7. The van der Waals surface area contributed by atoms with Crippen molar-refractivity contribution in [3.05, 3.63) is 29.0 Å². The first-order valence-corrected chi connectivity index (χ1v) is 6.84. The molecule has 2 unspecified atom stereocenters. The van der Waals surface area contributed by atoms with Gasteiger partial charge in [0.2, 0.25) is 0 Å². The van der Waals surface area contributed by atoms with Gasteiger partial charge in [0, 0.05) is 25.0 Å². The fourth-order valence-electron chi connectivity index (χ4n) is 2.19. The van der Waals surface area contributed by atoms with E-state index in [-0.39, 0.29) is 11.6 Å². The molecule has 1 heterocycles. The van der Waals surface area contributed by atoms with E-state index in [1.54, 1.807) is 12.4 Å². The van der Waals surface area contributed by atoms with E-state index in [1.807, 2.05) is 20.0 Å². The lowest BCUT2D eigenvalue weighted by atomic mass is 9.88. The molecule has 0 saturated heterocycles. The van der Waals surface area contributed by atoms with Gasteiger partial charge in [0.15, 0.2) is 0 Å². The van der Waals surface area contributed by atoms with Crippen LogP contribution in [0, 0.1) is 0 Å². The standard InChI is InChI=1S/C14H23ClN2O/c1-5-14(3,18-6-2)13(16-4)9-11-7-8-17-10-12(11)15/h7-8,10,13,16H,5-6,9H2,1-4H3. The Kier molecular flexibility index (Phi) is 6.06. The molecular formula is C14H23ClN2O. The second kappa shape index (κ2) is 7.07. The van der Waals surface area contributed by atoms with Crippen molar-refractivity contribution in [2.75, 3.05) is 13.7 Å². The van der Waals surface area contributed by atoms with Crippen LogP contribution in [0.3, 0.4) is 0 Å². The average molecular weight is 271 g/mol. The van der Waals surface area contributed by atoms with Crippen LogP contribution in [0.1, 0.15) is 32.8 Å². The number of hydrogen-bond acceptors (Lipinski definition) is 3. The van der Waals surface area contributed by atoms with E-state index >= 15 is 0 Å². The van der Waals surface area contributed by atoms with E-state index in [4.69, 9.17) is 16.3 Å². The predicted octanol–water partition coefficient (Wildman–Crippen LogP) is 3.07. The Labute approximate surface area is 115 Å². The fraction of sp³-hybridized carbons (Fsp3) is 0.643. The fourth-order valence-corrected chi connectivity index (χ4v) is 2.39. The molecule has 4 heteroatoms. The molecule has 0 fully saturated rings. The third-order valence-electron chi connectivity index (χ3n) is 3.54. The van der Waals surface area contributed by atoms with E-state index in [0.717, 1.165) is 18.4 Å². The number of aromatic nitrogens is 1. The lowest BCUT2D eigenvalue weighted by Gasteiger charge is -2.37. The molecule has 0 radical (unpaired) electrons. The first kappa shape index (κ1) is 15.4. The molecule has 2 atom stereocenters. The summed E-state index contributed by atoms with van der Waals surface area (Å²) in [5, 5.41) is 4.07. The molecule has 1 aromatic heterocycles. The second-order valence-corrected chi connectivity index (χ2v) is 5.02. The number of nitrogens with zero attached hydrogens (tertiary/aromatic N) is 1. The van der Waals surface area contributed by atoms with Gasteiger partial charge in [-0.1, -0.05) is 18.5 Å². The van der Waals surface area contributed by atoms with E-state index in [2.05, 4.69) is 24.1 Å². The van der Waals surface area contributed by atoms with Crippen molar-refractivity contribution in [2.24, 2.45) is 0 Å². The van der Waals surface area contributed by atoms with Crippen LogP contribution in [-0.2, 0) is 11.2 Å². The van der Waals surface area contributed by atoms with Crippen LogP contribution in [0.5, 0.6) is 0 Å². The van der Waals surface area contributed by atoms with Gasteiger partial charge in [-0.3, -0.25) is 4.98 Å². The maximum Gasteiger partial charge on any atom is 0.0807 e. The second-order valence-electron chi connectivity index (χ2n) is 4.61. The Balaban J connectivity index is 2.87. The lowest BCUT2D eigenvalue weighted by Crippen LogP contribution is -2.50. The number of pyridine rings is 1.